The first-order valence-corrected chi connectivity index (χ1v) is 8.41. The van der Waals surface area contributed by atoms with Gasteiger partial charge in [-0.2, -0.15) is 0 Å². The predicted octanol–water partition coefficient (Wildman–Crippen LogP) is 4.10. The highest BCUT2D eigenvalue weighted by atomic mass is 16.5. The van der Waals surface area contributed by atoms with Crippen LogP contribution in [0.3, 0.4) is 0 Å². The maximum atomic E-state index is 13.0. The zero-order chi connectivity index (χ0) is 20.0. The molecule has 0 aliphatic carbocycles. The maximum absolute atomic E-state index is 13.0. The third kappa shape index (κ3) is 4.34. The highest BCUT2D eigenvalue weighted by molar-refractivity contribution is 6.11. The van der Waals surface area contributed by atoms with E-state index in [9.17, 15) is 9.90 Å². The number of carbonyl (C=O) groups excluding carboxylic acids is 1. The lowest BCUT2D eigenvalue weighted by molar-refractivity contribution is 0.103. The summed E-state index contributed by atoms with van der Waals surface area (Å²) >= 11 is 0. The molecule has 2 aromatic rings. The molecule has 0 unspecified atom stereocenters. The number of allylic oxidation sites excluding steroid dienone is 1. The van der Waals surface area contributed by atoms with Crippen molar-refractivity contribution in [2.45, 2.75) is 13.3 Å². The van der Waals surface area contributed by atoms with Gasteiger partial charge >= 0.3 is 0 Å². The van der Waals surface area contributed by atoms with Gasteiger partial charge < -0.3 is 24.1 Å². The summed E-state index contributed by atoms with van der Waals surface area (Å²) in [4.78, 5) is 13.0. The quantitative estimate of drug-likeness (QED) is 0.555. The monoisotopic (exact) mass is 372 g/mol. The minimum atomic E-state index is -0.160. The van der Waals surface area contributed by atoms with Crippen LogP contribution in [-0.4, -0.2) is 39.3 Å². The topological polar surface area (TPSA) is 74.2 Å². The van der Waals surface area contributed by atoms with Crippen LogP contribution in [0.5, 0.6) is 28.7 Å². The lowest BCUT2D eigenvalue weighted by atomic mass is 9.98. The minimum Gasteiger partial charge on any atom is -0.504 e. The van der Waals surface area contributed by atoms with Gasteiger partial charge in [-0.15, -0.1) is 0 Å². The number of phenols is 1. The number of phenolic OH excluding ortho intramolecular Hbond substituents is 1. The molecule has 2 rings (SSSR count). The van der Waals surface area contributed by atoms with Gasteiger partial charge in [0.15, 0.2) is 28.8 Å². The molecule has 1 N–H and O–H groups in total. The molecular weight excluding hydrogens is 348 g/mol. The smallest absolute Gasteiger partial charge is 0.203 e. The fourth-order valence-corrected chi connectivity index (χ4v) is 2.72. The van der Waals surface area contributed by atoms with Gasteiger partial charge in [0.25, 0.3) is 0 Å². The molecule has 0 bridgehead atoms. The number of ether oxygens (including phenoxy) is 4. The lowest BCUT2D eigenvalue weighted by Gasteiger charge is -2.14. The Morgan fingerprint density at radius 2 is 1.52 bits per heavy atom. The first kappa shape index (κ1) is 20.2. The van der Waals surface area contributed by atoms with Crippen LogP contribution in [0.2, 0.25) is 0 Å². The molecule has 0 radical (unpaired) electrons. The molecule has 0 spiro atoms. The van der Waals surface area contributed by atoms with E-state index in [1.165, 1.54) is 28.4 Å². The van der Waals surface area contributed by atoms with Crippen LogP contribution in [-0.2, 0) is 0 Å². The number of carbonyl (C=O) groups is 1. The van der Waals surface area contributed by atoms with Crippen molar-refractivity contribution in [1.82, 2.24) is 0 Å². The summed E-state index contributed by atoms with van der Waals surface area (Å²) in [6, 6.07) is 8.23. The van der Waals surface area contributed by atoms with Crippen molar-refractivity contribution in [3.63, 3.8) is 0 Å². The number of Topliss-reactive ketones (excluding diaryl/α,β-unsaturated/α-hetero) is 1. The molecule has 0 fully saturated rings. The Morgan fingerprint density at radius 3 is 1.96 bits per heavy atom. The average molecular weight is 372 g/mol. The second-order valence-corrected chi connectivity index (χ2v) is 5.70. The number of hydrogen-bond acceptors (Lipinski definition) is 6. The van der Waals surface area contributed by atoms with Crippen molar-refractivity contribution in [3.05, 3.63) is 47.0 Å². The Labute approximate surface area is 158 Å². The van der Waals surface area contributed by atoms with Crippen molar-refractivity contribution in [1.29, 1.82) is 0 Å². The molecule has 144 valence electrons. The Kier molecular flexibility index (Phi) is 6.71. The summed E-state index contributed by atoms with van der Waals surface area (Å²) in [5.41, 5.74) is 1.70. The van der Waals surface area contributed by atoms with Crippen LogP contribution in [0, 0.1) is 0 Å². The molecule has 6 nitrogen and oxygen atoms in total. The van der Waals surface area contributed by atoms with Crippen molar-refractivity contribution >= 4 is 11.9 Å². The predicted molar refractivity (Wildman–Crippen MR) is 103 cm³/mol. The van der Waals surface area contributed by atoms with E-state index in [4.69, 9.17) is 18.9 Å². The van der Waals surface area contributed by atoms with Crippen LogP contribution >= 0.6 is 0 Å². The summed E-state index contributed by atoms with van der Waals surface area (Å²) in [6.07, 6.45) is 2.26. The largest absolute Gasteiger partial charge is 0.504 e. The van der Waals surface area contributed by atoms with Gasteiger partial charge in [-0.05, 0) is 42.3 Å². The summed E-state index contributed by atoms with van der Waals surface area (Å²) in [7, 11) is 6.00. The van der Waals surface area contributed by atoms with Crippen molar-refractivity contribution < 1.29 is 28.8 Å². The Balaban J connectivity index is 2.46. The fraction of sp³-hybridized carbons (Fsp3) is 0.286. The second-order valence-electron chi connectivity index (χ2n) is 5.70. The number of rotatable bonds is 8. The number of methoxy groups -OCH3 is 4. The number of hydrogen-bond donors (Lipinski definition) is 1. The Bertz CT molecular complexity index is 829. The van der Waals surface area contributed by atoms with E-state index in [0.717, 1.165) is 0 Å². The van der Waals surface area contributed by atoms with E-state index in [1.807, 2.05) is 6.92 Å². The number of ketones is 1. The molecule has 0 atom stereocenters. The summed E-state index contributed by atoms with van der Waals surface area (Å²) in [6.45, 7) is 1.89. The van der Waals surface area contributed by atoms with E-state index < -0.39 is 0 Å². The molecule has 0 saturated carbocycles. The van der Waals surface area contributed by atoms with Gasteiger partial charge in [0.2, 0.25) is 5.75 Å². The molecule has 0 heterocycles. The summed E-state index contributed by atoms with van der Waals surface area (Å²) < 4.78 is 21.0. The molecule has 0 aliphatic heterocycles. The van der Waals surface area contributed by atoms with E-state index >= 15 is 0 Å². The average Bonchev–Trinajstić information content (AvgIpc) is 2.70. The SMILES string of the molecule is CCC(=Cc1ccc(OC)c(O)c1)C(=O)c1cc(OC)c(OC)c(OC)c1. The van der Waals surface area contributed by atoms with Gasteiger partial charge in [-0.3, -0.25) is 4.79 Å². The van der Waals surface area contributed by atoms with Crippen molar-refractivity contribution in [3.8, 4) is 28.7 Å². The normalized spacial score (nSPS) is 11.1. The molecular formula is C21H24O6. The third-order valence-corrected chi connectivity index (χ3v) is 4.14. The lowest BCUT2D eigenvalue weighted by Crippen LogP contribution is -2.05. The Hall–Kier alpha value is -3.15. The van der Waals surface area contributed by atoms with E-state index in [-0.39, 0.29) is 11.5 Å². The van der Waals surface area contributed by atoms with Gasteiger partial charge in [0.05, 0.1) is 28.4 Å². The standard InChI is InChI=1S/C21H24O6/c1-6-14(9-13-7-8-17(24-2)16(22)10-13)20(23)15-11-18(25-3)21(27-5)19(12-15)26-4/h7-12,22H,6H2,1-5H3. The van der Waals surface area contributed by atoms with E-state index in [1.54, 1.807) is 36.4 Å². The van der Waals surface area contributed by atoms with Gasteiger partial charge in [0, 0.05) is 11.1 Å². The van der Waals surface area contributed by atoms with Gasteiger partial charge in [-0.1, -0.05) is 13.0 Å². The molecule has 0 aromatic heterocycles. The number of aromatic hydroxyl groups is 1. The highest BCUT2D eigenvalue weighted by Gasteiger charge is 2.19. The highest BCUT2D eigenvalue weighted by Crippen LogP contribution is 2.39. The van der Waals surface area contributed by atoms with Crippen molar-refractivity contribution in [2.24, 2.45) is 0 Å². The minimum absolute atomic E-state index is 0.0157. The van der Waals surface area contributed by atoms with E-state index in [2.05, 4.69) is 0 Å². The molecule has 0 aliphatic rings. The molecule has 27 heavy (non-hydrogen) atoms. The molecule has 2 aromatic carbocycles. The third-order valence-electron chi connectivity index (χ3n) is 4.14. The van der Waals surface area contributed by atoms with Crippen LogP contribution in [0.25, 0.3) is 6.08 Å². The zero-order valence-corrected chi connectivity index (χ0v) is 16.2. The summed E-state index contributed by atoms with van der Waals surface area (Å²) in [5.74, 6) is 1.49. The summed E-state index contributed by atoms with van der Waals surface area (Å²) in [5, 5.41) is 9.94. The number of benzene rings is 2. The fourth-order valence-electron chi connectivity index (χ4n) is 2.72. The van der Waals surface area contributed by atoms with Crippen LogP contribution in [0.1, 0.15) is 29.3 Å². The van der Waals surface area contributed by atoms with Crippen LogP contribution in [0.4, 0.5) is 0 Å². The molecule has 0 amide bonds. The first-order chi connectivity index (χ1) is 13.0. The van der Waals surface area contributed by atoms with Crippen molar-refractivity contribution in [2.75, 3.05) is 28.4 Å². The maximum Gasteiger partial charge on any atom is 0.203 e. The second kappa shape index (κ2) is 8.98. The van der Waals surface area contributed by atoms with Gasteiger partial charge in [-0.25, -0.2) is 0 Å². The molecule has 0 saturated heterocycles. The van der Waals surface area contributed by atoms with E-state index in [0.29, 0.717) is 46.1 Å². The van der Waals surface area contributed by atoms with Crippen LogP contribution in [0.15, 0.2) is 35.9 Å². The Morgan fingerprint density at radius 1 is 0.926 bits per heavy atom. The van der Waals surface area contributed by atoms with Gasteiger partial charge in [0.1, 0.15) is 0 Å². The van der Waals surface area contributed by atoms with Crippen LogP contribution < -0.4 is 18.9 Å². The molecule has 6 heteroatoms. The first-order valence-electron chi connectivity index (χ1n) is 8.41. The zero-order valence-electron chi connectivity index (χ0n) is 16.2.